The van der Waals surface area contributed by atoms with Crippen LogP contribution in [0.3, 0.4) is 0 Å². The van der Waals surface area contributed by atoms with Crippen molar-refractivity contribution in [2.24, 2.45) is 5.73 Å². The molecule has 16 heavy (non-hydrogen) atoms. The third-order valence-electron chi connectivity index (χ3n) is 3.45. The van der Waals surface area contributed by atoms with Crippen LogP contribution in [0.1, 0.15) is 48.5 Å². The van der Waals surface area contributed by atoms with E-state index in [0.717, 1.165) is 24.0 Å². The van der Waals surface area contributed by atoms with Crippen molar-refractivity contribution in [1.29, 1.82) is 0 Å². The molecule has 2 atom stereocenters. The molecule has 86 valence electrons. The van der Waals surface area contributed by atoms with E-state index in [9.17, 15) is 4.79 Å². The molecular formula is C13H18N2O. The fourth-order valence-electron chi connectivity index (χ4n) is 2.44. The molecule has 1 aliphatic heterocycles. The van der Waals surface area contributed by atoms with E-state index in [2.05, 4.69) is 19.2 Å². The second kappa shape index (κ2) is 3.91. The number of rotatable bonds is 2. The summed E-state index contributed by atoms with van der Waals surface area (Å²) in [4.78, 5) is 11.9. The Hall–Kier alpha value is -1.35. The first kappa shape index (κ1) is 11.1. The molecular weight excluding hydrogens is 200 g/mol. The average molecular weight is 218 g/mol. The predicted octanol–water partition coefficient (Wildman–Crippen LogP) is 1.99. The van der Waals surface area contributed by atoms with Crippen LogP contribution < -0.4 is 11.1 Å². The van der Waals surface area contributed by atoms with Gasteiger partial charge in [-0.15, -0.1) is 0 Å². The number of carbonyl (C=O) groups excluding carboxylic acids is 1. The number of hydrogen-bond donors (Lipinski definition) is 2. The summed E-state index contributed by atoms with van der Waals surface area (Å²) in [5.41, 5.74) is 7.50. The van der Waals surface area contributed by atoms with E-state index in [4.69, 9.17) is 5.73 Å². The second-order valence-corrected chi connectivity index (χ2v) is 4.55. The van der Waals surface area contributed by atoms with Crippen molar-refractivity contribution in [1.82, 2.24) is 5.32 Å². The van der Waals surface area contributed by atoms with Crippen LogP contribution in [0, 0.1) is 0 Å². The second-order valence-electron chi connectivity index (χ2n) is 4.55. The molecule has 0 spiro atoms. The summed E-state index contributed by atoms with van der Waals surface area (Å²) in [6.45, 7) is 4.15. The maximum Gasteiger partial charge on any atom is 0.253 e. The highest BCUT2D eigenvalue weighted by molar-refractivity contribution is 5.97. The minimum Gasteiger partial charge on any atom is -0.334 e. The first-order chi connectivity index (χ1) is 7.58. The van der Waals surface area contributed by atoms with Crippen molar-refractivity contribution in [3.63, 3.8) is 0 Å². The van der Waals surface area contributed by atoms with Gasteiger partial charge in [0.05, 0.1) is 5.66 Å². The molecule has 1 heterocycles. The zero-order valence-corrected chi connectivity index (χ0v) is 9.79. The van der Waals surface area contributed by atoms with Crippen LogP contribution in [0.5, 0.6) is 0 Å². The van der Waals surface area contributed by atoms with Gasteiger partial charge < -0.3 is 11.1 Å². The summed E-state index contributed by atoms with van der Waals surface area (Å²) < 4.78 is 0. The molecule has 0 saturated heterocycles. The number of amides is 1. The van der Waals surface area contributed by atoms with Gasteiger partial charge in [-0.05, 0) is 18.1 Å². The van der Waals surface area contributed by atoms with Gasteiger partial charge in [0.25, 0.3) is 5.91 Å². The van der Waals surface area contributed by atoms with E-state index in [1.165, 1.54) is 0 Å². The fourth-order valence-corrected chi connectivity index (χ4v) is 2.44. The van der Waals surface area contributed by atoms with E-state index in [-0.39, 0.29) is 11.8 Å². The first-order valence-corrected chi connectivity index (χ1v) is 5.79. The SMILES string of the molecule is CCCC1(N)NC(=O)c2ccccc2C1C. The van der Waals surface area contributed by atoms with Gasteiger partial charge in [0, 0.05) is 11.5 Å². The van der Waals surface area contributed by atoms with Crippen LogP contribution in [0.4, 0.5) is 0 Å². The van der Waals surface area contributed by atoms with Crippen LogP contribution in [0.15, 0.2) is 24.3 Å². The average Bonchev–Trinajstić information content (AvgIpc) is 2.27. The number of benzene rings is 1. The topological polar surface area (TPSA) is 55.1 Å². The lowest BCUT2D eigenvalue weighted by Crippen LogP contribution is -2.61. The van der Waals surface area contributed by atoms with Crippen molar-refractivity contribution in [2.45, 2.75) is 38.3 Å². The largest absolute Gasteiger partial charge is 0.334 e. The van der Waals surface area contributed by atoms with E-state index < -0.39 is 5.66 Å². The van der Waals surface area contributed by atoms with Gasteiger partial charge in [-0.3, -0.25) is 4.79 Å². The summed E-state index contributed by atoms with van der Waals surface area (Å²) in [6.07, 6.45) is 1.76. The van der Waals surface area contributed by atoms with E-state index in [1.54, 1.807) is 0 Å². The van der Waals surface area contributed by atoms with E-state index in [1.807, 2.05) is 24.3 Å². The number of nitrogens with one attached hydrogen (secondary N) is 1. The molecule has 0 bridgehead atoms. The highest BCUT2D eigenvalue weighted by atomic mass is 16.2. The molecule has 1 amide bonds. The summed E-state index contributed by atoms with van der Waals surface area (Å²) in [6, 6.07) is 7.69. The Morgan fingerprint density at radius 3 is 2.81 bits per heavy atom. The number of fused-ring (bicyclic) bond motifs is 1. The Morgan fingerprint density at radius 2 is 2.12 bits per heavy atom. The highest BCUT2D eigenvalue weighted by Crippen LogP contribution is 2.34. The number of nitrogens with two attached hydrogens (primary N) is 1. The van der Waals surface area contributed by atoms with Crippen LogP contribution in [-0.2, 0) is 0 Å². The molecule has 2 rings (SSSR count). The normalized spacial score (nSPS) is 28.4. The molecule has 0 saturated carbocycles. The van der Waals surface area contributed by atoms with Gasteiger partial charge in [0.15, 0.2) is 0 Å². The Kier molecular flexibility index (Phi) is 2.72. The van der Waals surface area contributed by atoms with Crippen molar-refractivity contribution in [3.8, 4) is 0 Å². The minimum atomic E-state index is -0.597. The number of carbonyl (C=O) groups is 1. The van der Waals surface area contributed by atoms with Crippen LogP contribution in [0.25, 0.3) is 0 Å². The Bertz CT molecular complexity index is 416. The molecule has 2 unspecified atom stereocenters. The van der Waals surface area contributed by atoms with Crippen molar-refractivity contribution >= 4 is 5.91 Å². The minimum absolute atomic E-state index is 0.0512. The molecule has 1 aromatic carbocycles. The summed E-state index contributed by atoms with van der Waals surface area (Å²) >= 11 is 0. The van der Waals surface area contributed by atoms with Crippen LogP contribution >= 0.6 is 0 Å². The van der Waals surface area contributed by atoms with Gasteiger partial charge >= 0.3 is 0 Å². The lowest BCUT2D eigenvalue weighted by Gasteiger charge is -2.41. The lowest BCUT2D eigenvalue weighted by molar-refractivity contribution is 0.0852. The van der Waals surface area contributed by atoms with Crippen LogP contribution in [0.2, 0.25) is 0 Å². The highest BCUT2D eigenvalue weighted by Gasteiger charge is 2.39. The summed E-state index contributed by atoms with van der Waals surface area (Å²) in [5, 5.41) is 2.94. The molecule has 0 radical (unpaired) electrons. The Balaban J connectivity index is 2.45. The molecule has 3 nitrogen and oxygen atoms in total. The van der Waals surface area contributed by atoms with Gasteiger partial charge in [-0.25, -0.2) is 0 Å². The lowest BCUT2D eigenvalue weighted by atomic mass is 9.79. The van der Waals surface area contributed by atoms with Gasteiger partial charge in [0.1, 0.15) is 0 Å². The summed E-state index contributed by atoms with van der Waals surface area (Å²) in [5.74, 6) is 0.103. The fraction of sp³-hybridized carbons (Fsp3) is 0.462. The monoisotopic (exact) mass is 218 g/mol. The summed E-state index contributed by atoms with van der Waals surface area (Å²) in [7, 11) is 0. The third kappa shape index (κ3) is 1.61. The third-order valence-corrected chi connectivity index (χ3v) is 3.45. The van der Waals surface area contributed by atoms with Gasteiger partial charge in [-0.2, -0.15) is 0 Å². The van der Waals surface area contributed by atoms with Gasteiger partial charge in [0.2, 0.25) is 0 Å². The standard InChI is InChI=1S/C13H18N2O/c1-3-8-13(14)9(2)10-6-4-5-7-11(10)12(16)15-13/h4-7,9H,3,8,14H2,1-2H3,(H,15,16). The zero-order chi connectivity index (χ0) is 11.8. The van der Waals surface area contributed by atoms with Crippen molar-refractivity contribution in [3.05, 3.63) is 35.4 Å². The predicted molar refractivity (Wildman–Crippen MR) is 64.1 cm³/mol. The van der Waals surface area contributed by atoms with Crippen molar-refractivity contribution in [2.75, 3.05) is 0 Å². The maximum absolute atomic E-state index is 11.9. The van der Waals surface area contributed by atoms with E-state index in [0.29, 0.717) is 0 Å². The van der Waals surface area contributed by atoms with Gasteiger partial charge in [-0.1, -0.05) is 38.5 Å². The first-order valence-electron chi connectivity index (χ1n) is 5.79. The Labute approximate surface area is 96.0 Å². The van der Waals surface area contributed by atoms with Crippen LogP contribution in [-0.4, -0.2) is 11.6 Å². The molecule has 0 aliphatic carbocycles. The maximum atomic E-state index is 11.9. The molecule has 0 fully saturated rings. The Morgan fingerprint density at radius 1 is 1.44 bits per heavy atom. The zero-order valence-electron chi connectivity index (χ0n) is 9.79. The molecule has 1 aliphatic rings. The number of hydrogen-bond acceptors (Lipinski definition) is 2. The smallest absolute Gasteiger partial charge is 0.253 e. The van der Waals surface area contributed by atoms with Crippen molar-refractivity contribution < 1.29 is 4.79 Å². The molecule has 3 N–H and O–H groups in total. The van der Waals surface area contributed by atoms with E-state index >= 15 is 0 Å². The molecule has 0 aromatic heterocycles. The quantitative estimate of drug-likeness (QED) is 0.797. The molecule has 1 aromatic rings. The molecule has 3 heteroatoms.